The zero-order valence-electron chi connectivity index (χ0n) is 13.9. The molecule has 2 aromatic rings. The molecule has 0 saturated carbocycles. The van der Waals surface area contributed by atoms with E-state index >= 15 is 0 Å². The van der Waals surface area contributed by atoms with Gasteiger partial charge < -0.3 is 14.5 Å². The van der Waals surface area contributed by atoms with Crippen molar-refractivity contribution in [3.8, 4) is 0 Å². The van der Waals surface area contributed by atoms with E-state index in [0.29, 0.717) is 24.9 Å². The maximum Gasteiger partial charge on any atom is 0.226 e. The predicted molar refractivity (Wildman–Crippen MR) is 90.4 cm³/mol. The second-order valence-electron chi connectivity index (χ2n) is 5.83. The molecule has 1 N–H and O–H groups in total. The Morgan fingerprint density at radius 3 is 2.87 bits per heavy atom. The molecule has 2 aromatic heterocycles. The predicted octanol–water partition coefficient (Wildman–Crippen LogP) is 3.37. The molecule has 0 fully saturated rings. The number of thiazole rings is 1. The van der Waals surface area contributed by atoms with Gasteiger partial charge in [0.05, 0.1) is 30.0 Å². The van der Waals surface area contributed by atoms with Crippen LogP contribution < -0.4 is 5.32 Å². The van der Waals surface area contributed by atoms with Crippen molar-refractivity contribution in [2.24, 2.45) is 5.92 Å². The number of hydrogen-bond acceptors (Lipinski definition) is 5. The van der Waals surface area contributed by atoms with E-state index in [1.54, 1.807) is 17.6 Å². The first kappa shape index (κ1) is 17.7. The van der Waals surface area contributed by atoms with Crippen LogP contribution in [0.3, 0.4) is 0 Å². The Labute approximate surface area is 141 Å². The molecule has 0 saturated heterocycles. The Bertz CT molecular complexity index is 593. The highest BCUT2D eigenvalue weighted by Crippen LogP contribution is 2.16. The summed E-state index contributed by atoms with van der Waals surface area (Å²) in [5.74, 6) is 1.08. The molecule has 6 heteroatoms. The van der Waals surface area contributed by atoms with Gasteiger partial charge in [-0.25, -0.2) is 4.98 Å². The van der Waals surface area contributed by atoms with E-state index in [2.05, 4.69) is 31.1 Å². The molecule has 0 aliphatic heterocycles. The minimum atomic E-state index is -0.277. The monoisotopic (exact) mass is 336 g/mol. The van der Waals surface area contributed by atoms with Crippen LogP contribution in [0.5, 0.6) is 0 Å². The quantitative estimate of drug-likeness (QED) is 0.762. The number of aromatic nitrogens is 1. The van der Waals surface area contributed by atoms with Crippen molar-refractivity contribution < 1.29 is 13.9 Å². The lowest BCUT2D eigenvalue weighted by atomic mass is 10.2. The van der Waals surface area contributed by atoms with Gasteiger partial charge in [0.15, 0.2) is 0 Å². The minimum Gasteiger partial charge on any atom is -0.467 e. The van der Waals surface area contributed by atoms with E-state index in [9.17, 15) is 4.79 Å². The number of nitrogens with zero attached hydrogens (tertiary/aromatic N) is 1. The molecule has 0 bridgehead atoms. The molecule has 0 unspecified atom stereocenters. The zero-order valence-corrected chi connectivity index (χ0v) is 14.7. The van der Waals surface area contributed by atoms with Gasteiger partial charge in [-0.15, -0.1) is 11.3 Å². The summed E-state index contributed by atoms with van der Waals surface area (Å²) in [6.45, 7) is 7.29. The van der Waals surface area contributed by atoms with Crippen LogP contribution in [0.1, 0.15) is 43.3 Å². The van der Waals surface area contributed by atoms with Gasteiger partial charge in [0, 0.05) is 12.0 Å². The summed E-state index contributed by atoms with van der Waals surface area (Å²) in [7, 11) is 0. The summed E-state index contributed by atoms with van der Waals surface area (Å²) < 4.78 is 11.1. The number of furan rings is 1. The topological polar surface area (TPSA) is 64.4 Å². The van der Waals surface area contributed by atoms with Gasteiger partial charge in [0.25, 0.3) is 0 Å². The first-order chi connectivity index (χ1) is 11.1. The van der Waals surface area contributed by atoms with Crippen LogP contribution >= 0.6 is 11.3 Å². The molecule has 2 heterocycles. The summed E-state index contributed by atoms with van der Waals surface area (Å²) in [4.78, 5) is 16.7. The number of carbonyl (C=O) groups excluding carboxylic acids is 1. The van der Waals surface area contributed by atoms with Crippen LogP contribution in [-0.4, -0.2) is 24.1 Å². The number of carbonyl (C=O) groups is 1. The minimum absolute atomic E-state index is 0.0764. The van der Waals surface area contributed by atoms with Gasteiger partial charge in [-0.05, 0) is 24.5 Å². The van der Waals surface area contributed by atoms with E-state index in [1.807, 2.05) is 17.5 Å². The number of rotatable bonds is 9. The molecule has 126 valence electrons. The van der Waals surface area contributed by atoms with Gasteiger partial charge >= 0.3 is 0 Å². The van der Waals surface area contributed by atoms with Crippen molar-refractivity contribution in [2.75, 3.05) is 13.2 Å². The smallest absolute Gasteiger partial charge is 0.226 e. The number of hydrogen-bond donors (Lipinski definition) is 1. The second kappa shape index (κ2) is 8.84. The van der Waals surface area contributed by atoms with Crippen LogP contribution in [0.15, 0.2) is 28.2 Å². The first-order valence-electron chi connectivity index (χ1n) is 7.92. The molecule has 0 radical (unpaired) electrons. The maximum atomic E-state index is 12.3. The molecule has 0 spiro atoms. The Balaban J connectivity index is 1.92. The SMILES string of the molecule is CCc1nc(CC(=O)N[C@H](COCC(C)C)c2ccco2)cs1. The molecule has 0 aromatic carbocycles. The Morgan fingerprint density at radius 1 is 1.43 bits per heavy atom. The standard InChI is InChI=1S/C17H24N2O3S/c1-4-17-18-13(11-23-17)8-16(20)19-14(10-21-9-12(2)3)15-6-5-7-22-15/h5-7,11-12,14H,4,8-10H2,1-3H3,(H,19,20)/t14-/m1/s1. The lowest BCUT2D eigenvalue weighted by molar-refractivity contribution is -0.121. The molecule has 23 heavy (non-hydrogen) atoms. The fraction of sp³-hybridized carbons (Fsp3) is 0.529. The Morgan fingerprint density at radius 2 is 2.26 bits per heavy atom. The van der Waals surface area contributed by atoms with Gasteiger partial charge in [0.2, 0.25) is 5.91 Å². The van der Waals surface area contributed by atoms with E-state index in [1.165, 1.54) is 0 Å². The van der Waals surface area contributed by atoms with Crippen molar-refractivity contribution in [1.82, 2.24) is 10.3 Å². The van der Waals surface area contributed by atoms with Crippen LogP contribution in [0, 0.1) is 5.92 Å². The highest BCUT2D eigenvalue weighted by molar-refractivity contribution is 7.09. The fourth-order valence-electron chi connectivity index (χ4n) is 2.11. The maximum absolute atomic E-state index is 12.3. The summed E-state index contributed by atoms with van der Waals surface area (Å²) in [6, 6.07) is 3.38. The van der Waals surface area contributed by atoms with Crippen molar-refractivity contribution in [1.29, 1.82) is 0 Å². The van der Waals surface area contributed by atoms with E-state index in [0.717, 1.165) is 17.1 Å². The lowest BCUT2D eigenvalue weighted by Gasteiger charge is -2.17. The summed E-state index contributed by atoms with van der Waals surface area (Å²) in [5, 5.41) is 5.97. The molecule has 1 atom stereocenters. The van der Waals surface area contributed by atoms with Crippen LogP contribution in [-0.2, 0) is 22.4 Å². The molecular formula is C17H24N2O3S. The summed E-state index contributed by atoms with van der Waals surface area (Å²) >= 11 is 1.59. The molecule has 0 aliphatic carbocycles. The van der Waals surface area contributed by atoms with Gasteiger partial charge in [-0.3, -0.25) is 4.79 Å². The first-order valence-corrected chi connectivity index (χ1v) is 8.80. The van der Waals surface area contributed by atoms with Gasteiger partial charge in [-0.1, -0.05) is 20.8 Å². The Hall–Kier alpha value is -1.66. The average Bonchev–Trinajstić information content (AvgIpc) is 3.17. The van der Waals surface area contributed by atoms with Gasteiger partial charge in [-0.2, -0.15) is 0 Å². The van der Waals surface area contributed by atoms with Crippen molar-refractivity contribution in [2.45, 2.75) is 39.7 Å². The normalized spacial score (nSPS) is 12.5. The molecule has 0 aliphatic rings. The van der Waals surface area contributed by atoms with Crippen LogP contribution in [0.4, 0.5) is 0 Å². The zero-order chi connectivity index (χ0) is 16.7. The van der Waals surface area contributed by atoms with E-state index in [4.69, 9.17) is 9.15 Å². The summed E-state index contributed by atoms with van der Waals surface area (Å²) in [6.07, 6.45) is 2.77. The number of nitrogens with one attached hydrogen (secondary N) is 1. The highest BCUT2D eigenvalue weighted by atomic mass is 32.1. The highest BCUT2D eigenvalue weighted by Gasteiger charge is 2.18. The van der Waals surface area contributed by atoms with Crippen molar-refractivity contribution >= 4 is 17.2 Å². The Kier molecular flexibility index (Phi) is 6.80. The van der Waals surface area contributed by atoms with Gasteiger partial charge in [0.1, 0.15) is 11.8 Å². The number of ether oxygens (including phenoxy) is 1. The molecular weight excluding hydrogens is 312 g/mol. The van der Waals surface area contributed by atoms with E-state index < -0.39 is 0 Å². The summed E-state index contributed by atoms with van der Waals surface area (Å²) in [5.41, 5.74) is 0.811. The number of amides is 1. The molecule has 1 amide bonds. The molecule has 2 rings (SSSR count). The third-order valence-electron chi connectivity index (χ3n) is 3.20. The van der Waals surface area contributed by atoms with Crippen molar-refractivity contribution in [3.63, 3.8) is 0 Å². The lowest BCUT2D eigenvalue weighted by Crippen LogP contribution is -2.32. The van der Waals surface area contributed by atoms with Crippen LogP contribution in [0.2, 0.25) is 0 Å². The molecule has 5 nitrogen and oxygen atoms in total. The third-order valence-corrected chi connectivity index (χ3v) is 4.24. The number of aryl methyl sites for hydroxylation is 1. The van der Waals surface area contributed by atoms with Crippen molar-refractivity contribution in [3.05, 3.63) is 40.2 Å². The van der Waals surface area contributed by atoms with Crippen LogP contribution in [0.25, 0.3) is 0 Å². The van der Waals surface area contributed by atoms with E-state index in [-0.39, 0.29) is 18.4 Å². The largest absolute Gasteiger partial charge is 0.467 e. The third kappa shape index (κ3) is 5.80. The fourth-order valence-corrected chi connectivity index (χ4v) is 2.85. The average molecular weight is 336 g/mol. The second-order valence-corrected chi connectivity index (χ2v) is 6.77.